The van der Waals surface area contributed by atoms with E-state index in [9.17, 15) is 14.4 Å². The number of ether oxygens (including phenoxy) is 1. The van der Waals surface area contributed by atoms with E-state index < -0.39 is 23.9 Å². The third-order valence-electron chi connectivity index (χ3n) is 5.17. The summed E-state index contributed by atoms with van der Waals surface area (Å²) in [4.78, 5) is 39.2. The number of fused-ring (bicyclic) bond motifs is 1. The second-order valence-electron chi connectivity index (χ2n) is 7.29. The number of imide groups is 1. The van der Waals surface area contributed by atoms with Gasteiger partial charge in [-0.15, -0.1) is 0 Å². The molecule has 3 amide bonds. The van der Waals surface area contributed by atoms with E-state index in [-0.39, 0.29) is 17.5 Å². The van der Waals surface area contributed by atoms with E-state index in [1.807, 2.05) is 31.2 Å². The monoisotopic (exact) mass is 441 g/mol. The number of anilines is 1. The van der Waals surface area contributed by atoms with Crippen LogP contribution in [-0.2, 0) is 20.9 Å². The van der Waals surface area contributed by atoms with Crippen LogP contribution in [0.15, 0.2) is 52.8 Å². The Labute approximate surface area is 183 Å². The van der Waals surface area contributed by atoms with Gasteiger partial charge < -0.3 is 10.1 Å². The van der Waals surface area contributed by atoms with E-state index in [2.05, 4.69) is 15.7 Å². The van der Waals surface area contributed by atoms with Crippen LogP contribution in [0, 0.1) is 6.92 Å². The Balaban J connectivity index is 1.43. The molecule has 2 aromatic rings. The lowest BCUT2D eigenvalue weighted by Crippen LogP contribution is -2.44. The number of methoxy groups -OCH3 is 1. The highest BCUT2D eigenvalue weighted by molar-refractivity contribution is 6.33. The summed E-state index contributed by atoms with van der Waals surface area (Å²) < 4.78 is 5.11. The Hall–Kier alpha value is -3.46. The molecule has 0 spiro atoms. The molecule has 2 atom stereocenters. The van der Waals surface area contributed by atoms with Gasteiger partial charge in [0.15, 0.2) is 12.1 Å². The SMILES string of the molecule is COc1ccc(N2C(=O)[C@@H]3N=NN(CC(=O)NCc4ccc(C)cc4)[C@H]3C2=O)cc1Cl. The lowest BCUT2D eigenvalue weighted by atomic mass is 10.1. The van der Waals surface area contributed by atoms with Crippen LogP contribution in [0.25, 0.3) is 0 Å². The average Bonchev–Trinajstić information content (AvgIpc) is 3.27. The summed E-state index contributed by atoms with van der Waals surface area (Å²) in [6.45, 7) is 2.15. The molecule has 0 radical (unpaired) electrons. The molecule has 2 aromatic carbocycles. The number of aryl methyl sites for hydroxylation is 1. The highest BCUT2D eigenvalue weighted by atomic mass is 35.5. The van der Waals surface area contributed by atoms with E-state index in [1.54, 1.807) is 12.1 Å². The number of carbonyl (C=O) groups excluding carboxylic acids is 3. The maximum absolute atomic E-state index is 13.0. The van der Waals surface area contributed by atoms with Gasteiger partial charge in [-0.2, -0.15) is 5.11 Å². The summed E-state index contributed by atoms with van der Waals surface area (Å²) in [6.07, 6.45) is 0. The smallest absolute Gasteiger partial charge is 0.263 e. The van der Waals surface area contributed by atoms with E-state index in [1.165, 1.54) is 18.2 Å². The van der Waals surface area contributed by atoms with Crippen LogP contribution in [0.1, 0.15) is 11.1 Å². The third kappa shape index (κ3) is 3.96. The second kappa shape index (κ2) is 8.35. The van der Waals surface area contributed by atoms with Crippen molar-refractivity contribution < 1.29 is 19.1 Å². The molecule has 0 unspecified atom stereocenters. The highest BCUT2D eigenvalue weighted by Gasteiger charge is 2.55. The van der Waals surface area contributed by atoms with Gasteiger partial charge in [0.1, 0.15) is 12.3 Å². The Morgan fingerprint density at radius 2 is 1.90 bits per heavy atom. The number of amides is 3. The Morgan fingerprint density at radius 1 is 1.16 bits per heavy atom. The van der Waals surface area contributed by atoms with Crippen molar-refractivity contribution in [1.82, 2.24) is 10.3 Å². The summed E-state index contributed by atoms with van der Waals surface area (Å²) in [5, 5.41) is 12.1. The van der Waals surface area contributed by atoms with Crippen LogP contribution < -0.4 is 15.0 Å². The highest BCUT2D eigenvalue weighted by Crippen LogP contribution is 2.35. The van der Waals surface area contributed by atoms with Crippen LogP contribution in [0.3, 0.4) is 0 Å². The number of halogens is 1. The number of benzene rings is 2. The first-order valence-corrected chi connectivity index (χ1v) is 9.98. The number of hydrogen-bond donors (Lipinski definition) is 1. The number of carbonyl (C=O) groups is 3. The first-order valence-electron chi connectivity index (χ1n) is 9.60. The van der Waals surface area contributed by atoms with Crippen molar-refractivity contribution >= 4 is 35.0 Å². The summed E-state index contributed by atoms with van der Waals surface area (Å²) in [5.41, 5.74) is 2.40. The second-order valence-corrected chi connectivity index (χ2v) is 7.69. The van der Waals surface area contributed by atoms with Gasteiger partial charge >= 0.3 is 0 Å². The molecule has 0 saturated carbocycles. The van der Waals surface area contributed by atoms with Crippen molar-refractivity contribution in [2.45, 2.75) is 25.6 Å². The lowest BCUT2D eigenvalue weighted by Gasteiger charge is -2.20. The summed E-state index contributed by atoms with van der Waals surface area (Å²) in [6, 6.07) is 10.5. The predicted molar refractivity (Wildman–Crippen MR) is 113 cm³/mol. The largest absolute Gasteiger partial charge is 0.495 e. The maximum Gasteiger partial charge on any atom is 0.263 e. The Morgan fingerprint density at radius 3 is 2.58 bits per heavy atom. The van der Waals surface area contributed by atoms with Gasteiger partial charge in [-0.05, 0) is 30.7 Å². The lowest BCUT2D eigenvalue weighted by molar-refractivity contribution is -0.125. The van der Waals surface area contributed by atoms with Gasteiger partial charge in [0.25, 0.3) is 11.8 Å². The molecule has 2 aliphatic rings. The molecule has 160 valence electrons. The van der Waals surface area contributed by atoms with Gasteiger partial charge in [-0.1, -0.05) is 46.7 Å². The molecule has 10 heteroatoms. The molecular formula is C21H20ClN5O4. The normalized spacial score (nSPS) is 19.7. The summed E-state index contributed by atoms with van der Waals surface area (Å²) in [5.74, 6) is -0.919. The number of hydrogen-bond acceptors (Lipinski definition) is 7. The molecule has 2 aliphatic heterocycles. The van der Waals surface area contributed by atoms with Crippen LogP contribution in [-0.4, -0.2) is 48.5 Å². The molecule has 1 saturated heterocycles. The van der Waals surface area contributed by atoms with Crippen molar-refractivity contribution in [1.29, 1.82) is 0 Å². The molecule has 31 heavy (non-hydrogen) atoms. The molecule has 4 rings (SSSR count). The van der Waals surface area contributed by atoms with Crippen molar-refractivity contribution in [2.24, 2.45) is 10.3 Å². The van der Waals surface area contributed by atoms with Crippen molar-refractivity contribution in [3.05, 3.63) is 58.6 Å². The fourth-order valence-electron chi connectivity index (χ4n) is 3.51. The molecular weight excluding hydrogens is 422 g/mol. The first kappa shape index (κ1) is 20.8. The molecule has 1 fully saturated rings. The fourth-order valence-corrected chi connectivity index (χ4v) is 3.76. The number of rotatable bonds is 6. The van der Waals surface area contributed by atoms with E-state index in [0.717, 1.165) is 16.0 Å². The zero-order valence-corrected chi connectivity index (χ0v) is 17.7. The predicted octanol–water partition coefficient (Wildman–Crippen LogP) is 2.27. The summed E-state index contributed by atoms with van der Waals surface area (Å²) in [7, 11) is 1.47. The molecule has 0 bridgehead atoms. The molecule has 2 heterocycles. The molecule has 9 nitrogen and oxygen atoms in total. The molecule has 0 aliphatic carbocycles. The fraction of sp³-hybridized carbons (Fsp3) is 0.286. The minimum Gasteiger partial charge on any atom is -0.495 e. The van der Waals surface area contributed by atoms with Crippen LogP contribution in [0.5, 0.6) is 5.75 Å². The van der Waals surface area contributed by atoms with Crippen LogP contribution >= 0.6 is 11.6 Å². The van der Waals surface area contributed by atoms with E-state index in [4.69, 9.17) is 16.3 Å². The van der Waals surface area contributed by atoms with E-state index in [0.29, 0.717) is 18.0 Å². The van der Waals surface area contributed by atoms with Crippen LogP contribution in [0.4, 0.5) is 5.69 Å². The maximum atomic E-state index is 13.0. The zero-order valence-electron chi connectivity index (χ0n) is 16.9. The van der Waals surface area contributed by atoms with E-state index >= 15 is 0 Å². The zero-order chi connectivity index (χ0) is 22.1. The van der Waals surface area contributed by atoms with Crippen molar-refractivity contribution in [3.8, 4) is 5.75 Å². The van der Waals surface area contributed by atoms with Gasteiger partial charge in [0.05, 0.1) is 17.8 Å². The number of nitrogens with one attached hydrogen (secondary N) is 1. The minimum atomic E-state index is -0.988. The minimum absolute atomic E-state index is 0.188. The molecule has 1 N–H and O–H groups in total. The van der Waals surface area contributed by atoms with Gasteiger partial charge in [0, 0.05) is 6.54 Å². The van der Waals surface area contributed by atoms with Crippen molar-refractivity contribution in [2.75, 3.05) is 18.6 Å². The van der Waals surface area contributed by atoms with Crippen LogP contribution in [0.2, 0.25) is 5.02 Å². The van der Waals surface area contributed by atoms with Crippen molar-refractivity contribution in [3.63, 3.8) is 0 Å². The Bertz CT molecular complexity index is 1070. The average molecular weight is 442 g/mol. The molecule has 0 aromatic heterocycles. The van der Waals surface area contributed by atoms with Gasteiger partial charge in [-0.25, -0.2) is 4.90 Å². The Kier molecular flexibility index (Phi) is 5.60. The standard InChI is InChI=1S/C21H20ClN5O4/c1-12-3-5-13(6-4-12)10-23-17(28)11-26-19-18(24-25-26)20(29)27(21(19)30)14-7-8-16(31-2)15(22)9-14/h3-9,18-19H,10-11H2,1-2H3,(H,23,28)/t18-,19-/m1/s1. The third-order valence-corrected chi connectivity index (χ3v) is 5.46. The number of nitrogens with zero attached hydrogens (tertiary/aromatic N) is 4. The summed E-state index contributed by atoms with van der Waals surface area (Å²) >= 11 is 6.14. The quantitative estimate of drug-likeness (QED) is 0.692. The van der Waals surface area contributed by atoms with Gasteiger partial charge in [0.2, 0.25) is 5.91 Å². The first-order chi connectivity index (χ1) is 14.9. The topological polar surface area (TPSA) is 104 Å². The van der Waals surface area contributed by atoms with Gasteiger partial charge in [-0.3, -0.25) is 19.4 Å².